The maximum absolute atomic E-state index is 12.9. The van der Waals surface area contributed by atoms with Gasteiger partial charge in [-0.2, -0.15) is 0 Å². The van der Waals surface area contributed by atoms with E-state index in [0.29, 0.717) is 18.2 Å². The molecule has 178 valence electrons. The highest BCUT2D eigenvalue weighted by Crippen LogP contribution is 2.46. The Labute approximate surface area is 211 Å². The Hall–Kier alpha value is -4.18. The molecular formula is C32H28N2O2. The lowest BCUT2D eigenvalue weighted by molar-refractivity contribution is -0.113. The van der Waals surface area contributed by atoms with Crippen molar-refractivity contribution in [2.24, 2.45) is 4.99 Å². The van der Waals surface area contributed by atoms with Gasteiger partial charge >= 0.3 is 0 Å². The van der Waals surface area contributed by atoms with Crippen molar-refractivity contribution >= 4 is 33.7 Å². The molecule has 36 heavy (non-hydrogen) atoms. The molecule has 6 rings (SSSR count). The number of carbonyl (C=O) groups excluding carboxylic acids is 1. The largest absolute Gasteiger partial charge is 0.457 e. The monoisotopic (exact) mass is 472 g/mol. The summed E-state index contributed by atoms with van der Waals surface area (Å²) >= 11 is 0. The fourth-order valence-electron chi connectivity index (χ4n) is 5.12. The van der Waals surface area contributed by atoms with Gasteiger partial charge in [-0.05, 0) is 70.5 Å². The topological polar surface area (TPSA) is 50.7 Å². The first-order chi connectivity index (χ1) is 17.6. The average molecular weight is 473 g/mol. The van der Waals surface area contributed by atoms with Gasteiger partial charge in [-0.3, -0.25) is 9.79 Å². The van der Waals surface area contributed by atoms with Gasteiger partial charge in [-0.1, -0.05) is 74.5 Å². The van der Waals surface area contributed by atoms with Crippen LogP contribution in [0.5, 0.6) is 11.5 Å². The minimum Gasteiger partial charge on any atom is -0.457 e. The molecule has 4 nitrogen and oxygen atoms in total. The molecule has 1 heterocycles. The number of fused-ring (bicyclic) bond motifs is 2. The Kier molecular flexibility index (Phi) is 5.65. The summed E-state index contributed by atoms with van der Waals surface area (Å²) in [5, 5.41) is 5.32. The van der Waals surface area contributed by atoms with Crippen LogP contribution < -0.4 is 10.1 Å². The number of hydrogen-bond donors (Lipinski definition) is 1. The van der Waals surface area contributed by atoms with Crippen molar-refractivity contribution in [3.63, 3.8) is 0 Å². The summed E-state index contributed by atoms with van der Waals surface area (Å²) in [6.45, 7) is 4.97. The molecule has 0 radical (unpaired) electrons. The second-order valence-electron chi connectivity index (χ2n) is 9.72. The van der Waals surface area contributed by atoms with E-state index in [-0.39, 0.29) is 5.91 Å². The molecule has 1 aliphatic carbocycles. The number of nitrogens with zero attached hydrogens (tertiary/aromatic N) is 1. The highest BCUT2D eigenvalue weighted by atomic mass is 16.5. The predicted octanol–water partition coefficient (Wildman–Crippen LogP) is 7.14. The summed E-state index contributed by atoms with van der Waals surface area (Å²) in [5.41, 5.74) is 6.90. The van der Waals surface area contributed by atoms with Crippen molar-refractivity contribution in [2.45, 2.75) is 32.6 Å². The Morgan fingerprint density at radius 1 is 0.861 bits per heavy atom. The normalized spacial score (nSPS) is 15.2. The Morgan fingerprint density at radius 3 is 2.44 bits per heavy atom. The summed E-state index contributed by atoms with van der Waals surface area (Å²) in [7, 11) is 0. The van der Waals surface area contributed by atoms with E-state index in [0.717, 1.165) is 57.5 Å². The molecule has 1 amide bonds. The minimum absolute atomic E-state index is 0.127. The van der Waals surface area contributed by atoms with E-state index in [9.17, 15) is 4.79 Å². The molecule has 0 unspecified atom stereocenters. The highest BCUT2D eigenvalue weighted by molar-refractivity contribution is 6.64. The molecule has 0 saturated carbocycles. The van der Waals surface area contributed by atoms with Crippen molar-refractivity contribution in [1.82, 2.24) is 5.32 Å². The zero-order valence-corrected chi connectivity index (χ0v) is 20.5. The first-order valence-corrected chi connectivity index (χ1v) is 12.6. The van der Waals surface area contributed by atoms with Crippen molar-refractivity contribution in [3.8, 4) is 11.5 Å². The highest BCUT2D eigenvalue weighted by Gasteiger charge is 2.37. The summed E-state index contributed by atoms with van der Waals surface area (Å²) in [5.74, 6) is 1.90. The van der Waals surface area contributed by atoms with Crippen LogP contribution in [0.15, 0.2) is 89.9 Å². The van der Waals surface area contributed by atoms with Crippen LogP contribution in [0.2, 0.25) is 0 Å². The van der Waals surface area contributed by atoms with E-state index >= 15 is 0 Å². The Balaban J connectivity index is 1.31. The Morgan fingerprint density at radius 2 is 1.67 bits per heavy atom. The van der Waals surface area contributed by atoms with Crippen molar-refractivity contribution < 1.29 is 9.53 Å². The molecule has 0 bridgehead atoms. The van der Waals surface area contributed by atoms with E-state index in [2.05, 4.69) is 73.8 Å². The number of amides is 1. The molecule has 0 atom stereocenters. The zero-order chi connectivity index (χ0) is 24.6. The Bertz CT molecular complexity index is 1530. The standard InChI is InChI=1S/C32H28N2O2/c1-20(2)22-13-15-24(16-14-22)36-25-18-23-11-6-12-26-28(23)27(19-25)29-30(26)34-32(35)31(29)33-17-7-10-21-8-4-3-5-9-21/h3-6,8-9,11-16,18-20H,7,10,17H2,1-2H3,(H,33,34,35). The fraction of sp³-hybridized carbons (Fsp3) is 0.188. The predicted molar refractivity (Wildman–Crippen MR) is 147 cm³/mol. The second-order valence-corrected chi connectivity index (χ2v) is 9.72. The van der Waals surface area contributed by atoms with Gasteiger partial charge in [0.2, 0.25) is 0 Å². The average Bonchev–Trinajstić information content (AvgIpc) is 3.37. The van der Waals surface area contributed by atoms with Crippen LogP contribution in [0.1, 0.15) is 48.4 Å². The summed E-state index contributed by atoms with van der Waals surface area (Å²) < 4.78 is 6.28. The van der Waals surface area contributed by atoms with Gasteiger partial charge in [0.1, 0.15) is 17.2 Å². The van der Waals surface area contributed by atoms with Gasteiger partial charge in [0.25, 0.3) is 5.91 Å². The summed E-state index contributed by atoms with van der Waals surface area (Å²) in [4.78, 5) is 17.7. The van der Waals surface area contributed by atoms with Crippen LogP contribution in [-0.4, -0.2) is 18.2 Å². The van der Waals surface area contributed by atoms with Crippen LogP contribution in [0.25, 0.3) is 22.0 Å². The number of ether oxygens (including phenoxy) is 1. The maximum Gasteiger partial charge on any atom is 0.274 e. The van der Waals surface area contributed by atoms with Gasteiger partial charge < -0.3 is 10.1 Å². The first-order valence-electron chi connectivity index (χ1n) is 12.6. The van der Waals surface area contributed by atoms with E-state index in [1.807, 2.05) is 30.3 Å². The number of aryl methyl sites for hydroxylation is 1. The third-order valence-electron chi connectivity index (χ3n) is 6.95. The van der Waals surface area contributed by atoms with Gasteiger partial charge in [0.05, 0.1) is 5.70 Å². The third kappa shape index (κ3) is 3.99. The van der Waals surface area contributed by atoms with Crippen LogP contribution in [0.3, 0.4) is 0 Å². The second kappa shape index (κ2) is 9.12. The smallest absolute Gasteiger partial charge is 0.274 e. The first kappa shape index (κ1) is 22.3. The molecule has 4 aromatic carbocycles. The van der Waals surface area contributed by atoms with Crippen molar-refractivity contribution in [3.05, 3.63) is 107 Å². The number of aliphatic imine (C=N–C) groups is 1. The molecule has 0 fully saturated rings. The van der Waals surface area contributed by atoms with Crippen molar-refractivity contribution in [2.75, 3.05) is 6.54 Å². The maximum atomic E-state index is 12.9. The SMILES string of the molecule is CC(C)c1ccc(Oc2cc3c4c(cccc4c2)C2=C3C(=NCCCc3ccccc3)C(=O)N2)cc1. The molecule has 0 spiro atoms. The van der Waals surface area contributed by atoms with Crippen LogP contribution in [0.4, 0.5) is 0 Å². The fourth-order valence-corrected chi connectivity index (χ4v) is 5.12. The molecule has 1 aliphatic heterocycles. The molecule has 1 N–H and O–H groups in total. The molecule has 4 aromatic rings. The lowest BCUT2D eigenvalue weighted by atomic mass is 9.99. The molecular weight excluding hydrogens is 444 g/mol. The number of rotatable bonds is 7. The minimum atomic E-state index is -0.127. The third-order valence-corrected chi connectivity index (χ3v) is 6.95. The number of carbonyl (C=O) groups is 1. The summed E-state index contributed by atoms with van der Waals surface area (Å²) in [6, 6.07) is 28.9. The van der Waals surface area contributed by atoms with E-state index < -0.39 is 0 Å². The van der Waals surface area contributed by atoms with Crippen LogP contribution in [-0.2, 0) is 11.2 Å². The number of nitrogens with one attached hydrogen (secondary N) is 1. The quantitative estimate of drug-likeness (QED) is 0.291. The molecule has 4 heteroatoms. The zero-order valence-electron chi connectivity index (χ0n) is 20.5. The van der Waals surface area contributed by atoms with Crippen LogP contribution in [0, 0.1) is 0 Å². The van der Waals surface area contributed by atoms with E-state index in [1.54, 1.807) is 0 Å². The van der Waals surface area contributed by atoms with Crippen LogP contribution >= 0.6 is 0 Å². The molecule has 0 saturated heterocycles. The van der Waals surface area contributed by atoms with Gasteiger partial charge in [0.15, 0.2) is 0 Å². The van der Waals surface area contributed by atoms with Gasteiger partial charge in [0, 0.05) is 17.7 Å². The lowest BCUT2D eigenvalue weighted by Crippen LogP contribution is -2.22. The lowest BCUT2D eigenvalue weighted by Gasteiger charge is -2.12. The van der Waals surface area contributed by atoms with E-state index in [1.165, 1.54) is 11.1 Å². The van der Waals surface area contributed by atoms with Gasteiger partial charge in [-0.15, -0.1) is 0 Å². The summed E-state index contributed by atoms with van der Waals surface area (Å²) in [6.07, 6.45) is 1.83. The molecule has 2 aliphatic rings. The van der Waals surface area contributed by atoms with Gasteiger partial charge in [-0.25, -0.2) is 0 Å². The molecule has 0 aromatic heterocycles. The van der Waals surface area contributed by atoms with Crippen molar-refractivity contribution in [1.29, 1.82) is 0 Å². The number of benzene rings is 4. The van der Waals surface area contributed by atoms with E-state index in [4.69, 9.17) is 9.73 Å². The number of hydrogen-bond acceptors (Lipinski definition) is 3.